The van der Waals surface area contributed by atoms with E-state index in [-0.39, 0.29) is 23.7 Å². The van der Waals surface area contributed by atoms with E-state index in [1.165, 1.54) is 6.07 Å². The average Bonchev–Trinajstić information content (AvgIpc) is 2.30. The van der Waals surface area contributed by atoms with Gasteiger partial charge in [-0.1, -0.05) is 11.6 Å². The molecule has 1 aromatic carbocycles. The highest BCUT2D eigenvalue weighted by Crippen LogP contribution is 2.20. The van der Waals surface area contributed by atoms with E-state index in [1.807, 2.05) is 0 Å². The number of benzene rings is 1. The van der Waals surface area contributed by atoms with Crippen molar-refractivity contribution in [1.29, 1.82) is 0 Å². The predicted octanol–water partition coefficient (Wildman–Crippen LogP) is 1.90. The van der Waals surface area contributed by atoms with Crippen LogP contribution in [0.1, 0.15) is 29.8 Å². The first kappa shape index (κ1) is 15.5. The summed E-state index contributed by atoms with van der Waals surface area (Å²) >= 11 is 0. The number of aryl methyl sites for hydroxylation is 1. The lowest BCUT2D eigenvalue weighted by atomic mass is 10.1. The largest absolute Gasteiger partial charge is 0.492 e. The first-order valence-corrected chi connectivity index (χ1v) is 7.64. The third-order valence-electron chi connectivity index (χ3n) is 2.71. The normalized spacial score (nSPS) is 11.6. The molecule has 0 fully saturated rings. The number of carboxylic acids is 1. The van der Waals surface area contributed by atoms with Gasteiger partial charge in [0.05, 0.1) is 11.0 Å². The molecule has 1 N–H and O–H groups in total. The molecule has 0 aliphatic carbocycles. The van der Waals surface area contributed by atoms with Crippen molar-refractivity contribution in [2.45, 2.75) is 26.0 Å². The number of carbonyl (C=O) groups is 1. The Morgan fingerprint density at radius 2 is 2.00 bits per heavy atom. The van der Waals surface area contributed by atoms with Crippen LogP contribution in [0.4, 0.5) is 0 Å². The molecule has 1 aromatic rings. The quantitative estimate of drug-likeness (QED) is 0.863. The zero-order chi connectivity index (χ0) is 14.6. The zero-order valence-corrected chi connectivity index (χ0v) is 12.0. The van der Waals surface area contributed by atoms with Crippen molar-refractivity contribution >= 4 is 15.8 Å². The number of rotatable bonds is 6. The van der Waals surface area contributed by atoms with Crippen molar-refractivity contribution in [2.75, 3.05) is 12.4 Å². The van der Waals surface area contributed by atoms with Crippen LogP contribution >= 0.6 is 0 Å². The van der Waals surface area contributed by atoms with E-state index in [0.717, 1.165) is 5.56 Å². The SMILES string of the molecule is Cc1ccc(OCCS(=O)(=O)C(C)C)c(C(=O)O)c1. The maximum absolute atomic E-state index is 11.6. The monoisotopic (exact) mass is 286 g/mol. The molecule has 0 aromatic heterocycles. The third kappa shape index (κ3) is 4.24. The Kier molecular flexibility index (Phi) is 4.94. The van der Waals surface area contributed by atoms with E-state index >= 15 is 0 Å². The second kappa shape index (κ2) is 6.06. The second-order valence-electron chi connectivity index (χ2n) is 4.57. The summed E-state index contributed by atoms with van der Waals surface area (Å²) in [5.74, 6) is -1.03. The molecule has 0 bridgehead atoms. The van der Waals surface area contributed by atoms with Crippen LogP contribution < -0.4 is 4.74 Å². The number of hydrogen-bond donors (Lipinski definition) is 1. The van der Waals surface area contributed by atoms with Gasteiger partial charge in [0, 0.05) is 0 Å². The molecule has 0 spiro atoms. The minimum absolute atomic E-state index is 0.0435. The molecule has 0 atom stereocenters. The molecule has 0 radical (unpaired) electrons. The molecule has 0 aliphatic heterocycles. The van der Waals surface area contributed by atoms with Crippen LogP contribution in [0.2, 0.25) is 0 Å². The molecule has 0 saturated carbocycles. The van der Waals surface area contributed by atoms with E-state index in [1.54, 1.807) is 32.9 Å². The number of aromatic carboxylic acids is 1. The Morgan fingerprint density at radius 1 is 1.37 bits per heavy atom. The Balaban J connectivity index is 2.77. The van der Waals surface area contributed by atoms with Gasteiger partial charge in [-0.2, -0.15) is 0 Å². The summed E-state index contributed by atoms with van der Waals surface area (Å²) in [6.07, 6.45) is 0. The number of sulfone groups is 1. The van der Waals surface area contributed by atoms with Crippen LogP contribution in [0.25, 0.3) is 0 Å². The fourth-order valence-corrected chi connectivity index (χ4v) is 2.23. The Morgan fingerprint density at radius 3 is 2.53 bits per heavy atom. The highest BCUT2D eigenvalue weighted by Gasteiger charge is 2.17. The second-order valence-corrected chi connectivity index (χ2v) is 7.25. The summed E-state index contributed by atoms with van der Waals surface area (Å²) in [6, 6.07) is 4.76. The molecular weight excluding hydrogens is 268 g/mol. The summed E-state index contributed by atoms with van der Waals surface area (Å²) in [4.78, 5) is 11.0. The maximum atomic E-state index is 11.6. The summed E-state index contributed by atoms with van der Waals surface area (Å²) in [5.41, 5.74) is 0.849. The van der Waals surface area contributed by atoms with Gasteiger partial charge in [0.25, 0.3) is 0 Å². The molecule has 6 heteroatoms. The lowest BCUT2D eigenvalue weighted by molar-refractivity contribution is 0.0692. The summed E-state index contributed by atoms with van der Waals surface area (Å²) < 4.78 is 28.5. The van der Waals surface area contributed by atoms with Crippen molar-refractivity contribution in [2.24, 2.45) is 0 Å². The van der Waals surface area contributed by atoms with E-state index in [9.17, 15) is 13.2 Å². The van der Waals surface area contributed by atoms with Gasteiger partial charge in [0.15, 0.2) is 9.84 Å². The maximum Gasteiger partial charge on any atom is 0.339 e. The Labute approximate surface area is 113 Å². The fourth-order valence-electron chi connectivity index (χ4n) is 1.44. The van der Waals surface area contributed by atoms with Crippen molar-refractivity contribution in [1.82, 2.24) is 0 Å². The van der Waals surface area contributed by atoms with Crippen LogP contribution in [0.15, 0.2) is 18.2 Å². The van der Waals surface area contributed by atoms with Crippen molar-refractivity contribution in [3.05, 3.63) is 29.3 Å². The van der Waals surface area contributed by atoms with Gasteiger partial charge in [-0.3, -0.25) is 0 Å². The molecule has 106 valence electrons. The number of hydrogen-bond acceptors (Lipinski definition) is 4. The molecule has 0 heterocycles. The zero-order valence-electron chi connectivity index (χ0n) is 11.2. The lowest BCUT2D eigenvalue weighted by Crippen LogP contribution is -2.22. The Bertz CT molecular complexity index is 560. The molecule has 1 rings (SSSR count). The Hall–Kier alpha value is -1.56. The highest BCUT2D eigenvalue weighted by molar-refractivity contribution is 7.91. The molecular formula is C13H18O5S. The van der Waals surface area contributed by atoms with Gasteiger partial charge in [-0.15, -0.1) is 0 Å². The first-order valence-electron chi connectivity index (χ1n) is 5.92. The fraction of sp³-hybridized carbons (Fsp3) is 0.462. The minimum Gasteiger partial charge on any atom is -0.492 e. The van der Waals surface area contributed by atoms with Crippen LogP contribution in [-0.2, 0) is 9.84 Å². The minimum atomic E-state index is -3.18. The van der Waals surface area contributed by atoms with Gasteiger partial charge in [0.2, 0.25) is 0 Å². The van der Waals surface area contributed by atoms with Gasteiger partial charge >= 0.3 is 5.97 Å². The van der Waals surface area contributed by atoms with E-state index in [2.05, 4.69) is 0 Å². The summed E-state index contributed by atoms with van der Waals surface area (Å²) in [6.45, 7) is 4.93. The molecule has 0 saturated heterocycles. The molecule has 0 unspecified atom stereocenters. The molecule has 19 heavy (non-hydrogen) atoms. The van der Waals surface area contributed by atoms with Gasteiger partial charge in [0.1, 0.15) is 17.9 Å². The van der Waals surface area contributed by atoms with E-state index in [0.29, 0.717) is 0 Å². The van der Waals surface area contributed by atoms with Crippen molar-refractivity contribution in [3.8, 4) is 5.75 Å². The van der Waals surface area contributed by atoms with Crippen LogP contribution in [0, 0.1) is 6.92 Å². The van der Waals surface area contributed by atoms with Crippen LogP contribution in [0.5, 0.6) is 5.75 Å². The number of carboxylic acid groups (broad SMARTS) is 1. The van der Waals surface area contributed by atoms with Gasteiger partial charge < -0.3 is 9.84 Å². The third-order valence-corrected chi connectivity index (χ3v) is 4.88. The van der Waals surface area contributed by atoms with Gasteiger partial charge in [-0.25, -0.2) is 13.2 Å². The lowest BCUT2D eigenvalue weighted by Gasteiger charge is -2.11. The standard InChI is InChI=1S/C13H18O5S/c1-9(2)19(16,17)7-6-18-12-5-4-10(3)8-11(12)13(14)15/h4-5,8-9H,6-7H2,1-3H3,(H,14,15). The number of ether oxygens (including phenoxy) is 1. The molecule has 0 amide bonds. The van der Waals surface area contributed by atoms with E-state index in [4.69, 9.17) is 9.84 Å². The highest BCUT2D eigenvalue weighted by atomic mass is 32.2. The van der Waals surface area contributed by atoms with Gasteiger partial charge in [-0.05, 0) is 32.9 Å². The topological polar surface area (TPSA) is 80.7 Å². The summed E-state index contributed by atoms with van der Waals surface area (Å²) in [5, 5.41) is 8.57. The molecule has 5 nitrogen and oxygen atoms in total. The smallest absolute Gasteiger partial charge is 0.339 e. The predicted molar refractivity (Wildman–Crippen MR) is 72.6 cm³/mol. The van der Waals surface area contributed by atoms with E-state index < -0.39 is 21.1 Å². The van der Waals surface area contributed by atoms with Crippen LogP contribution in [-0.4, -0.2) is 37.1 Å². The average molecular weight is 286 g/mol. The van der Waals surface area contributed by atoms with Crippen molar-refractivity contribution in [3.63, 3.8) is 0 Å². The van der Waals surface area contributed by atoms with Crippen molar-refractivity contribution < 1.29 is 23.1 Å². The van der Waals surface area contributed by atoms with Crippen LogP contribution in [0.3, 0.4) is 0 Å². The first-order chi connectivity index (χ1) is 8.74. The summed E-state index contributed by atoms with van der Waals surface area (Å²) in [7, 11) is -3.18. The molecule has 0 aliphatic rings.